The Balaban J connectivity index is 1.72. The third kappa shape index (κ3) is 5.37. The smallest absolute Gasteiger partial charge is 0.264 e. The maximum atomic E-state index is 13.0. The van der Waals surface area contributed by atoms with E-state index >= 15 is 0 Å². The van der Waals surface area contributed by atoms with Gasteiger partial charge in [-0.2, -0.15) is 0 Å². The molecule has 0 atom stereocenters. The number of ether oxygens (including phenoxy) is 1. The van der Waals surface area contributed by atoms with E-state index in [1.165, 1.54) is 19.2 Å². The zero-order chi connectivity index (χ0) is 22.4. The topological polar surface area (TPSA) is 75.7 Å². The lowest BCUT2D eigenvalue weighted by Gasteiger charge is -2.20. The van der Waals surface area contributed by atoms with Crippen molar-refractivity contribution in [2.75, 3.05) is 25.0 Å². The number of nitrogens with one attached hydrogen (secondary N) is 1. The molecular weight excluding hydrogens is 436 g/mol. The molecule has 0 aliphatic carbocycles. The largest absolute Gasteiger partial charge is 0.496 e. The van der Waals surface area contributed by atoms with E-state index in [9.17, 15) is 13.2 Å². The van der Waals surface area contributed by atoms with Gasteiger partial charge in [-0.05, 0) is 54.4 Å². The van der Waals surface area contributed by atoms with Crippen molar-refractivity contribution in [3.8, 4) is 5.75 Å². The number of hydrogen-bond acceptors (Lipinski definition) is 4. The van der Waals surface area contributed by atoms with Gasteiger partial charge in [0, 0.05) is 24.2 Å². The fourth-order valence-electron chi connectivity index (χ4n) is 3.09. The Bertz CT molecular complexity index is 1180. The van der Waals surface area contributed by atoms with Crippen molar-refractivity contribution in [3.05, 3.63) is 88.9 Å². The van der Waals surface area contributed by atoms with E-state index in [-0.39, 0.29) is 16.4 Å². The van der Waals surface area contributed by atoms with Crippen LogP contribution in [0.1, 0.15) is 15.9 Å². The summed E-state index contributed by atoms with van der Waals surface area (Å²) in [6.45, 7) is 0.388. The minimum absolute atomic E-state index is 0.0207. The van der Waals surface area contributed by atoms with Crippen LogP contribution in [-0.2, 0) is 16.4 Å². The number of halogens is 1. The van der Waals surface area contributed by atoms with E-state index in [1.807, 2.05) is 24.3 Å². The number of benzene rings is 3. The Labute approximate surface area is 187 Å². The monoisotopic (exact) mass is 458 g/mol. The highest BCUT2D eigenvalue weighted by Crippen LogP contribution is 2.25. The van der Waals surface area contributed by atoms with Gasteiger partial charge in [-0.25, -0.2) is 8.42 Å². The first-order valence-electron chi connectivity index (χ1n) is 9.57. The van der Waals surface area contributed by atoms with Gasteiger partial charge in [-0.3, -0.25) is 9.10 Å². The van der Waals surface area contributed by atoms with Crippen molar-refractivity contribution in [1.29, 1.82) is 0 Å². The van der Waals surface area contributed by atoms with Gasteiger partial charge in [0.2, 0.25) is 0 Å². The fraction of sp³-hybridized carbons (Fsp3) is 0.174. The highest BCUT2D eigenvalue weighted by molar-refractivity contribution is 7.92. The zero-order valence-electron chi connectivity index (χ0n) is 17.2. The third-order valence-corrected chi connectivity index (χ3v) is 6.82. The zero-order valence-corrected chi connectivity index (χ0v) is 18.8. The van der Waals surface area contributed by atoms with Crippen LogP contribution in [0.15, 0.2) is 77.7 Å². The maximum absolute atomic E-state index is 13.0. The SMILES string of the molecule is COc1ccccc1CCNC(=O)c1cccc(S(=O)(=O)N(C)c2cccc(Cl)c2)c1. The first kappa shape index (κ1) is 22.7. The number of amides is 1. The average molecular weight is 459 g/mol. The molecule has 1 N–H and O–H groups in total. The fourth-order valence-corrected chi connectivity index (χ4v) is 4.51. The molecule has 0 aromatic heterocycles. The molecule has 31 heavy (non-hydrogen) atoms. The number of para-hydroxylation sites is 1. The highest BCUT2D eigenvalue weighted by atomic mass is 35.5. The molecule has 0 aliphatic heterocycles. The molecule has 0 fully saturated rings. The molecule has 0 spiro atoms. The summed E-state index contributed by atoms with van der Waals surface area (Å²) in [5.74, 6) is 0.409. The third-order valence-electron chi connectivity index (χ3n) is 4.80. The van der Waals surface area contributed by atoms with Crippen molar-refractivity contribution in [2.45, 2.75) is 11.3 Å². The van der Waals surface area contributed by atoms with Gasteiger partial charge in [0.1, 0.15) is 5.75 Å². The molecule has 0 unspecified atom stereocenters. The van der Waals surface area contributed by atoms with Crippen molar-refractivity contribution in [3.63, 3.8) is 0 Å². The maximum Gasteiger partial charge on any atom is 0.264 e. The number of methoxy groups -OCH3 is 1. The van der Waals surface area contributed by atoms with Crippen molar-refractivity contribution >= 4 is 33.2 Å². The summed E-state index contributed by atoms with van der Waals surface area (Å²) in [5.41, 5.74) is 1.67. The molecule has 3 aromatic carbocycles. The summed E-state index contributed by atoms with van der Waals surface area (Å²) in [4.78, 5) is 12.6. The molecule has 0 radical (unpaired) electrons. The summed E-state index contributed by atoms with van der Waals surface area (Å²) in [7, 11) is -0.813. The molecule has 0 bridgehead atoms. The van der Waals surface area contributed by atoms with E-state index in [4.69, 9.17) is 16.3 Å². The van der Waals surface area contributed by atoms with Crippen LogP contribution in [0, 0.1) is 0 Å². The Morgan fingerprint density at radius 3 is 2.52 bits per heavy atom. The normalized spacial score (nSPS) is 11.1. The van der Waals surface area contributed by atoms with Crippen molar-refractivity contribution < 1.29 is 17.9 Å². The Kier molecular flexibility index (Phi) is 7.20. The second kappa shape index (κ2) is 9.85. The van der Waals surface area contributed by atoms with Gasteiger partial charge in [-0.1, -0.05) is 41.9 Å². The lowest BCUT2D eigenvalue weighted by Crippen LogP contribution is -2.28. The number of hydrogen-bond donors (Lipinski definition) is 1. The number of nitrogens with zero attached hydrogens (tertiary/aromatic N) is 1. The molecule has 6 nitrogen and oxygen atoms in total. The predicted molar refractivity (Wildman–Crippen MR) is 123 cm³/mol. The standard InChI is InChI=1S/C23H23ClN2O4S/c1-26(20-10-6-9-19(24)16-20)31(28,29)21-11-5-8-18(15-21)23(27)25-14-13-17-7-3-4-12-22(17)30-2/h3-12,15-16H,13-14H2,1-2H3,(H,25,27). The molecule has 8 heteroatoms. The van der Waals surface area contributed by atoms with Crippen LogP contribution in [0.5, 0.6) is 5.75 Å². The lowest BCUT2D eigenvalue weighted by molar-refractivity contribution is 0.0954. The van der Waals surface area contributed by atoms with E-state index in [1.54, 1.807) is 43.5 Å². The van der Waals surface area contributed by atoms with Crippen molar-refractivity contribution in [1.82, 2.24) is 5.32 Å². The number of carbonyl (C=O) groups is 1. The van der Waals surface area contributed by atoms with Gasteiger partial charge in [0.05, 0.1) is 17.7 Å². The van der Waals surface area contributed by atoms with Crippen molar-refractivity contribution in [2.24, 2.45) is 0 Å². The molecule has 1 amide bonds. The van der Waals surface area contributed by atoms with Gasteiger partial charge in [0.15, 0.2) is 0 Å². The van der Waals surface area contributed by atoms with Crippen LogP contribution >= 0.6 is 11.6 Å². The first-order chi connectivity index (χ1) is 14.8. The average Bonchev–Trinajstić information content (AvgIpc) is 2.78. The molecule has 0 aliphatic rings. The number of sulfonamides is 1. The van der Waals surface area contributed by atoms with Crippen LogP contribution < -0.4 is 14.4 Å². The van der Waals surface area contributed by atoms with Gasteiger partial charge in [0.25, 0.3) is 15.9 Å². The van der Waals surface area contributed by atoms with E-state index < -0.39 is 10.0 Å². The molecule has 0 heterocycles. The predicted octanol–water partition coefficient (Wildman–Crippen LogP) is 4.15. The van der Waals surface area contributed by atoms with E-state index in [2.05, 4.69) is 5.32 Å². The molecule has 3 rings (SSSR count). The Morgan fingerprint density at radius 2 is 1.77 bits per heavy atom. The van der Waals surface area contributed by atoms with Crippen LogP contribution in [-0.4, -0.2) is 35.0 Å². The van der Waals surface area contributed by atoms with E-state index in [0.717, 1.165) is 15.6 Å². The lowest BCUT2D eigenvalue weighted by atomic mass is 10.1. The number of anilines is 1. The summed E-state index contributed by atoms with van der Waals surface area (Å²) >= 11 is 5.98. The molecule has 162 valence electrons. The number of carbonyl (C=O) groups excluding carboxylic acids is 1. The van der Waals surface area contributed by atoms with Crippen LogP contribution in [0.4, 0.5) is 5.69 Å². The van der Waals surface area contributed by atoms with E-state index in [0.29, 0.717) is 23.7 Å². The van der Waals surface area contributed by atoms with Gasteiger partial charge < -0.3 is 10.1 Å². The molecule has 0 saturated carbocycles. The minimum atomic E-state index is -3.86. The summed E-state index contributed by atoms with van der Waals surface area (Å²) < 4.78 is 32.5. The summed E-state index contributed by atoms with van der Waals surface area (Å²) in [6, 6.07) is 20.1. The van der Waals surface area contributed by atoms with Crippen LogP contribution in [0.25, 0.3) is 0 Å². The van der Waals surface area contributed by atoms with Gasteiger partial charge in [-0.15, -0.1) is 0 Å². The molecular formula is C23H23ClN2O4S. The molecule has 3 aromatic rings. The highest BCUT2D eigenvalue weighted by Gasteiger charge is 2.22. The first-order valence-corrected chi connectivity index (χ1v) is 11.4. The summed E-state index contributed by atoms with van der Waals surface area (Å²) in [6.07, 6.45) is 0.589. The van der Waals surface area contributed by atoms with Crippen LogP contribution in [0.2, 0.25) is 5.02 Å². The Hall–Kier alpha value is -3.03. The summed E-state index contributed by atoms with van der Waals surface area (Å²) in [5, 5.41) is 3.26. The van der Waals surface area contributed by atoms with Gasteiger partial charge >= 0.3 is 0 Å². The quantitative estimate of drug-likeness (QED) is 0.550. The minimum Gasteiger partial charge on any atom is -0.496 e. The Morgan fingerprint density at radius 1 is 1.03 bits per heavy atom. The second-order valence-electron chi connectivity index (χ2n) is 6.80. The van der Waals surface area contributed by atoms with Crippen LogP contribution in [0.3, 0.4) is 0 Å². The number of rotatable bonds is 8. The second-order valence-corrected chi connectivity index (χ2v) is 9.20. The molecule has 0 saturated heterocycles.